The summed E-state index contributed by atoms with van der Waals surface area (Å²) in [6.07, 6.45) is 0. The first kappa shape index (κ1) is 11.6. The summed E-state index contributed by atoms with van der Waals surface area (Å²) in [5, 5.41) is 8.79. The number of hydrogen-bond donors (Lipinski definition) is 1. The molecule has 0 saturated carbocycles. The molecule has 0 spiro atoms. The predicted molar refractivity (Wildman–Crippen MR) is 62.8 cm³/mol. The molecule has 4 heteroatoms. The average molecular weight is 271 g/mol. The molecule has 1 N–H and O–H groups in total. The summed E-state index contributed by atoms with van der Waals surface area (Å²) in [5.41, 5.74) is -0.507. The highest BCUT2D eigenvalue weighted by Crippen LogP contribution is 2.21. The van der Waals surface area contributed by atoms with Gasteiger partial charge in [-0.05, 0) is 44.0 Å². The lowest BCUT2D eigenvalue weighted by Crippen LogP contribution is -2.31. The molecule has 0 saturated heterocycles. The fraction of sp³-hybridized carbons (Fsp3) is 0.300. The second-order valence-corrected chi connectivity index (χ2v) is 5.19. The molecule has 0 heterocycles. The van der Waals surface area contributed by atoms with Crippen LogP contribution < -0.4 is 4.72 Å². The zero-order chi connectivity index (χ0) is 10.6. The van der Waals surface area contributed by atoms with Crippen LogP contribution in [0.4, 0.5) is 0 Å². The normalized spacial score (nSPS) is 11.0. The lowest BCUT2D eigenvalue weighted by atomic mass is 10.1. The van der Waals surface area contributed by atoms with Gasteiger partial charge >= 0.3 is 0 Å². The van der Waals surface area contributed by atoms with Crippen molar-refractivity contribution in [3.8, 4) is 6.07 Å². The zero-order valence-corrected chi connectivity index (χ0v) is 10.4. The number of nitrogens with zero attached hydrogens (tertiary/aromatic N) is 1. The number of rotatable bonds is 3. The third-order valence-electron chi connectivity index (χ3n) is 1.50. The van der Waals surface area contributed by atoms with E-state index in [0.717, 1.165) is 9.37 Å². The first-order chi connectivity index (χ1) is 6.53. The summed E-state index contributed by atoms with van der Waals surface area (Å²) in [4.78, 5) is 1.09. The molecule has 2 nitrogen and oxygen atoms in total. The van der Waals surface area contributed by atoms with Crippen molar-refractivity contribution in [3.63, 3.8) is 0 Å². The van der Waals surface area contributed by atoms with E-state index in [4.69, 9.17) is 5.26 Å². The fourth-order valence-corrected chi connectivity index (χ4v) is 2.04. The maximum atomic E-state index is 8.79. The molecule has 1 aromatic carbocycles. The van der Waals surface area contributed by atoms with Gasteiger partial charge in [-0.2, -0.15) is 5.26 Å². The van der Waals surface area contributed by atoms with Gasteiger partial charge in [0.1, 0.15) is 5.54 Å². The second-order valence-electron chi connectivity index (χ2n) is 3.40. The lowest BCUT2D eigenvalue weighted by molar-refractivity contribution is 0.619. The predicted octanol–water partition coefficient (Wildman–Crippen LogP) is 3.35. The maximum Gasteiger partial charge on any atom is 0.110 e. The molecule has 0 fully saturated rings. The zero-order valence-electron chi connectivity index (χ0n) is 8.04. The van der Waals surface area contributed by atoms with Crippen LogP contribution in [0.15, 0.2) is 33.6 Å². The highest BCUT2D eigenvalue weighted by Gasteiger charge is 2.15. The molecule has 0 bridgehead atoms. The quantitative estimate of drug-likeness (QED) is 0.856. The van der Waals surface area contributed by atoms with Crippen molar-refractivity contribution in [3.05, 3.63) is 28.7 Å². The van der Waals surface area contributed by atoms with Crippen LogP contribution in [0.25, 0.3) is 0 Å². The van der Waals surface area contributed by atoms with Gasteiger partial charge in [0, 0.05) is 9.37 Å². The Kier molecular flexibility index (Phi) is 3.99. The molecule has 14 heavy (non-hydrogen) atoms. The van der Waals surface area contributed by atoms with Gasteiger partial charge in [-0.25, -0.2) is 4.72 Å². The Morgan fingerprint density at radius 3 is 2.79 bits per heavy atom. The van der Waals surface area contributed by atoms with Crippen LogP contribution in [0.3, 0.4) is 0 Å². The van der Waals surface area contributed by atoms with Crippen LogP contribution in [0.2, 0.25) is 0 Å². The van der Waals surface area contributed by atoms with Gasteiger partial charge in [-0.1, -0.05) is 22.0 Å². The number of nitrogens with one attached hydrogen (secondary N) is 1. The van der Waals surface area contributed by atoms with Crippen molar-refractivity contribution < 1.29 is 0 Å². The van der Waals surface area contributed by atoms with E-state index >= 15 is 0 Å². The summed E-state index contributed by atoms with van der Waals surface area (Å²) < 4.78 is 4.13. The van der Waals surface area contributed by atoms with Crippen molar-refractivity contribution >= 4 is 27.9 Å². The Bertz CT molecular complexity index is 357. The highest BCUT2D eigenvalue weighted by molar-refractivity contribution is 9.10. The molecule has 74 valence electrons. The Morgan fingerprint density at radius 2 is 2.21 bits per heavy atom. The van der Waals surface area contributed by atoms with E-state index < -0.39 is 5.54 Å². The minimum absolute atomic E-state index is 0.507. The van der Waals surface area contributed by atoms with E-state index in [2.05, 4.69) is 26.7 Å². The molecule has 0 aromatic heterocycles. The molecule has 0 amide bonds. The highest BCUT2D eigenvalue weighted by atomic mass is 79.9. The molecule has 0 aliphatic rings. The molecule has 0 atom stereocenters. The van der Waals surface area contributed by atoms with Crippen molar-refractivity contribution in [2.24, 2.45) is 0 Å². The minimum Gasteiger partial charge on any atom is -0.241 e. The molecule has 1 rings (SSSR count). The van der Waals surface area contributed by atoms with Gasteiger partial charge in [0.15, 0.2) is 0 Å². The van der Waals surface area contributed by atoms with E-state index in [9.17, 15) is 0 Å². The van der Waals surface area contributed by atoms with E-state index in [1.165, 1.54) is 11.9 Å². The Labute approximate surface area is 97.0 Å². The summed E-state index contributed by atoms with van der Waals surface area (Å²) in [6, 6.07) is 10.1. The van der Waals surface area contributed by atoms with Crippen molar-refractivity contribution in [2.75, 3.05) is 0 Å². The molecule has 0 aliphatic carbocycles. The summed E-state index contributed by atoms with van der Waals surface area (Å²) in [7, 11) is 0. The molecular weight excluding hydrogens is 260 g/mol. The van der Waals surface area contributed by atoms with Crippen molar-refractivity contribution in [1.29, 1.82) is 5.26 Å². The van der Waals surface area contributed by atoms with Gasteiger partial charge in [0.2, 0.25) is 0 Å². The van der Waals surface area contributed by atoms with Gasteiger partial charge in [-0.3, -0.25) is 0 Å². The Balaban J connectivity index is 2.59. The van der Waals surface area contributed by atoms with Crippen LogP contribution in [0, 0.1) is 11.3 Å². The molecule has 0 aliphatic heterocycles. The number of hydrogen-bond acceptors (Lipinski definition) is 3. The first-order valence-electron chi connectivity index (χ1n) is 4.14. The molecular formula is C10H11BrN2S. The van der Waals surface area contributed by atoms with E-state index in [0.29, 0.717) is 0 Å². The van der Waals surface area contributed by atoms with Crippen molar-refractivity contribution in [2.45, 2.75) is 24.3 Å². The van der Waals surface area contributed by atoms with Crippen molar-refractivity contribution in [1.82, 2.24) is 4.72 Å². The van der Waals surface area contributed by atoms with Crippen LogP contribution >= 0.6 is 27.9 Å². The smallest absolute Gasteiger partial charge is 0.110 e. The Hall–Kier alpha value is -0.500. The lowest BCUT2D eigenvalue weighted by Gasteiger charge is -2.16. The topological polar surface area (TPSA) is 35.8 Å². The fourth-order valence-electron chi connectivity index (χ4n) is 0.740. The van der Waals surface area contributed by atoms with Gasteiger partial charge in [0.05, 0.1) is 6.07 Å². The standard InChI is InChI=1S/C10H11BrN2S/c1-10(2,7-12)13-14-9-5-3-4-8(11)6-9/h3-6,13H,1-2H3. The summed E-state index contributed by atoms with van der Waals surface area (Å²) >= 11 is 4.86. The maximum absolute atomic E-state index is 8.79. The summed E-state index contributed by atoms with van der Waals surface area (Å²) in [6.45, 7) is 3.69. The molecule has 0 unspecified atom stereocenters. The largest absolute Gasteiger partial charge is 0.241 e. The number of nitriles is 1. The van der Waals surface area contributed by atoms with Crippen LogP contribution in [-0.2, 0) is 0 Å². The van der Waals surface area contributed by atoms with E-state index in [1.807, 2.05) is 38.1 Å². The number of halogens is 1. The Morgan fingerprint density at radius 1 is 1.50 bits per heavy atom. The second kappa shape index (κ2) is 4.83. The van der Waals surface area contributed by atoms with Crippen LogP contribution in [0.1, 0.15) is 13.8 Å². The molecule has 0 radical (unpaired) electrons. The van der Waals surface area contributed by atoms with Crippen LogP contribution in [0.5, 0.6) is 0 Å². The van der Waals surface area contributed by atoms with Gasteiger partial charge < -0.3 is 0 Å². The summed E-state index contributed by atoms with van der Waals surface area (Å²) in [5.74, 6) is 0. The average Bonchev–Trinajstić information content (AvgIpc) is 2.15. The minimum atomic E-state index is -0.507. The van der Waals surface area contributed by atoms with Crippen LogP contribution in [-0.4, -0.2) is 5.54 Å². The third kappa shape index (κ3) is 3.70. The first-order valence-corrected chi connectivity index (χ1v) is 5.75. The van der Waals surface area contributed by atoms with Gasteiger partial charge in [0.25, 0.3) is 0 Å². The third-order valence-corrected chi connectivity index (χ3v) is 3.09. The van der Waals surface area contributed by atoms with E-state index in [1.54, 1.807) is 0 Å². The van der Waals surface area contributed by atoms with Gasteiger partial charge in [-0.15, -0.1) is 0 Å². The molecule has 1 aromatic rings. The van der Waals surface area contributed by atoms with E-state index in [-0.39, 0.29) is 0 Å². The SMILES string of the molecule is CC(C)(C#N)NSc1cccc(Br)c1. The number of benzene rings is 1. The monoisotopic (exact) mass is 270 g/mol.